The molecule has 1 aromatic rings. The lowest BCUT2D eigenvalue weighted by Crippen LogP contribution is -2.45. The van der Waals surface area contributed by atoms with Crippen molar-refractivity contribution in [3.05, 3.63) is 22.4 Å². The first-order valence-corrected chi connectivity index (χ1v) is 6.53. The van der Waals surface area contributed by atoms with Crippen LogP contribution >= 0.6 is 11.3 Å². The van der Waals surface area contributed by atoms with E-state index in [0.29, 0.717) is 0 Å². The standard InChI is InChI=1S/C12H20N2OS/c1-4-8(2)11(13)12(15)14-9(3)10-6-5-7-16-10/h5-9,11H,4,13H2,1-3H3,(H,14,15)/t8-,9+,11-/m0/s1. The van der Waals surface area contributed by atoms with Gasteiger partial charge in [0, 0.05) is 4.88 Å². The molecule has 1 heterocycles. The fourth-order valence-electron chi connectivity index (χ4n) is 1.43. The topological polar surface area (TPSA) is 55.1 Å². The van der Waals surface area contributed by atoms with Crippen LogP contribution in [0.4, 0.5) is 0 Å². The predicted octanol–water partition coefficient (Wildman–Crippen LogP) is 2.30. The Labute approximate surface area is 101 Å². The number of hydrogen-bond acceptors (Lipinski definition) is 3. The lowest BCUT2D eigenvalue weighted by molar-refractivity contribution is -0.124. The number of thiophene rings is 1. The first-order chi connectivity index (χ1) is 7.56. The molecule has 0 unspecified atom stereocenters. The maximum absolute atomic E-state index is 11.8. The first-order valence-electron chi connectivity index (χ1n) is 5.65. The molecule has 0 spiro atoms. The molecular formula is C12H20N2OS. The summed E-state index contributed by atoms with van der Waals surface area (Å²) in [6, 6.07) is 3.64. The van der Waals surface area contributed by atoms with Crippen LogP contribution in [-0.2, 0) is 4.79 Å². The van der Waals surface area contributed by atoms with Crippen molar-refractivity contribution in [1.82, 2.24) is 5.32 Å². The third kappa shape index (κ3) is 3.32. The van der Waals surface area contributed by atoms with Gasteiger partial charge < -0.3 is 11.1 Å². The van der Waals surface area contributed by atoms with Crippen molar-refractivity contribution in [2.75, 3.05) is 0 Å². The van der Waals surface area contributed by atoms with Gasteiger partial charge in [-0.15, -0.1) is 11.3 Å². The van der Waals surface area contributed by atoms with E-state index in [0.717, 1.165) is 11.3 Å². The average molecular weight is 240 g/mol. The van der Waals surface area contributed by atoms with Crippen molar-refractivity contribution in [3.8, 4) is 0 Å². The van der Waals surface area contributed by atoms with Gasteiger partial charge in [-0.1, -0.05) is 26.3 Å². The van der Waals surface area contributed by atoms with E-state index in [9.17, 15) is 4.79 Å². The third-order valence-electron chi connectivity index (χ3n) is 2.89. The van der Waals surface area contributed by atoms with Crippen LogP contribution in [0.15, 0.2) is 17.5 Å². The smallest absolute Gasteiger partial charge is 0.237 e. The Morgan fingerprint density at radius 1 is 1.56 bits per heavy atom. The molecular weight excluding hydrogens is 220 g/mol. The Bertz CT molecular complexity index is 324. The van der Waals surface area contributed by atoms with Crippen molar-refractivity contribution in [2.45, 2.75) is 39.3 Å². The molecule has 3 atom stereocenters. The molecule has 3 N–H and O–H groups in total. The summed E-state index contributed by atoms with van der Waals surface area (Å²) >= 11 is 1.64. The van der Waals surface area contributed by atoms with E-state index in [4.69, 9.17) is 5.73 Å². The number of hydrogen-bond donors (Lipinski definition) is 2. The zero-order valence-electron chi connectivity index (χ0n) is 10.1. The highest BCUT2D eigenvalue weighted by atomic mass is 32.1. The highest BCUT2D eigenvalue weighted by molar-refractivity contribution is 7.10. The van der Waals surface area contributed by atoms with Crippen LogP contribution in [-0.4, -0.2) is 11.9 Å². The second kappa shape index (κ2) is 6.01. The molecule has 0 bridgehead atoms. The summed E-state index contributed by atoms with van der Waals surface area (Å²) in [6.07, 6.45) is 0.919. The molecule has 0 fully saturated rings. The van der Waals surface area contributed by atoms with Gasteiger partial charge in [-0.25, -0.2) is 0 Å². The van der Waals surface area contributed by atoms with Crippen molar-refractivity contribution in [3.63, 3.8) is 0 Å². The van der Waals surface area contributed by atoms with Crippen molar-refractivity contribution in [1.29, 1.82) is 0 Å². The maximum atomic E-state index is 11.8. The first kappa shape index (κ1) is 13.2. The van der Waals surface area contributed by atoms with Gasteiger partial charge in [0.2, 0.25) is 5.91 Å². The Hall–Kier alpha value is -0.870. The van der Waals surface area contributed by atoms with E-state index in [1.54, 1.807) is 11.3 Å². The zero-order valence-corrected chi connectivity index (χ0v) is 10.9. The molecule has 4 heteroatoms. The van der Waals surface area contributed by atoms with Crippen LogP contribution in [0.5, 0.6) is 0 Å². The van der Waals surface area contributed by atoms with Crippen LogP contribution in [0.1, 0.15) is 38.1 Å². The highest BCUT2D eigenvalue weighted by Gasteiger charge is 2.21. The second-order valence-electron chi connectivity index (χ2n) is 4.16. The minimum Gasteiger partial charge on any atom is -0.347 e. The summed E-state index contributed by atoms with van der Waals surface area (Å²) in [7, 11) is 0. The Morgan fingerprint density at radius 2 is 2.25 bits per heavy atom. The predicted molar refractivity (Wildman–Crippen MR) is 68.3 cm³/mol. The zero-order chi connectivity index (χ0) is 12.1. The van der Waals surface area contributed by atoms with Gasteiger partial charge in [0.05, 0.1) is 12.1 Å². The molecule has 1 amide bonds. The average Bonchev–Trinajstić information content (AvgIpc) is 2.80. The molecule has 0 aliphatic heterocycles. The Morgan fingerprint density at radius 3 is 2.75 bits per heavy atom. The Balaban J connectivity index is 2.51. The second-order valence-corrected chi connectivity index (χ2v) is 5.14. The molecule has 0 aliphatic rings. The van der Waals surface area contributed by atoms with Gasteiger partial charge in [0.25, 0.3) is 0 Å². The molecule has 1 rings (SSSR count). The molecule has 0 aliphatic carbocycles. The van der Waals surface area contributed by atoms with E-state index >= 15 is 0 Å². The normalized spacial score (nSPS) is 16.5. The molecule has 0 radical (unpaired) electrons. The monoisotopic (exact) mass is 240 g/mol. The number of carbonyl (C=O) groups is 1. The summed E-state index contributed by atoms with van der Waals surface area (Å²) in [5.41, 5.74) is 5.86. The molecule has 16 heavy (non-hydrogen) atoms. The number of amides is 1. The molecule has 3 nitrogen and oxygen atoms in total. The summed E-state index contributed by atoms with van der Waals surface area (Å²) < 4.78 is 0. The lowest BCUT2D eigenvalue weighted by Gasteiger charge is -2.20. The number of nitrogens with two attached hydrogens (primary N) is 1. The maximum Gasteiger partial charge on any atom is 0.237 e. The number of nitrogens with one attached hydrogen (secondary N) is 1. The molecule has 0 saturated carbocycles. The van der Waals surface area contributed by atoms with Gasteiger partial charge in [-0.3, -0.25) is 4.79 Å². The van der Waals surface area contributed by atoms with E-state index in [1.807, 2.05) is 38.3 Å². The third-order valence-corrected chi connectivity index (χ3v) is 3.94. The lowest BCUT2D eigenvalue weighted by atomic mass is 9.99. The van der Waals surface area contributed by atoms with Crippen LogP contribution in [0.3, 0.4) is 0 Å². The minimum absolute atomic E-state index is 0.0441. The van der Waals surface area contributed by atoms with Crippen LogP contribution in [0.25, 0.3) is 0 Å². The van der Waals surface area contributed by atoms with E-state index < -0.39 is 6.04 Å². The summed E-state index contributed by atoms with van der Waals surface area (Å²) in [4.78, 5) is 13.0. The van der Waals surface area contributed by atoms with Crippen molar-refractivity contribution < 1.29 is 4.79 Å². The minimum atomic E-state index is -0.410. The van der Waals surface area contributed by atoms with Gasteiger partial charge in [0.15, 0.2) is 0 Å². The van der Waals surface area contributed by atoms with Crippen LogP contribution in [0.2, 0.25) is 0 Å². The van der Waals surface area contributed by atoms with Gasteiger partial charge in [0.1, 0.15) is 0 Å². The van der Waals surface area contributed by atoms with Gasteiger partial charge in [-0.2, -0.15) is 0 Å². The quantitative estimate of drug-likeness (QED) is 0.829. The van der Waals surface area contributed by atoms with E-state index in [2.05, 4.69) is 5.32 Å². The summed E-state index contributed by atoms with van der Waals surface area (Å²) in [6.45, 7) is 6.02. The fourth-order valence-corrected chi connectivity index (χ4v) is 2.17. The largest absolute Gasteiger partial charge is 0.347 e. The molecule has 1 aromatic heterocycles. The van der Waals surface area contributed by atoms with Crippen molar-refractivity contribution >= 4 is 17.2 Å². The molecule has 90 valence electrons. The fraction of sp³-hybridized carbons (Fsp3) is 0.583. The summed E-state index contributed by atoms with van der Waals surface area (Å²) in [5.74, 6) is 0.158. The molecule has 0 aromatic carbocycles. The Kier molecular flexibility index (Phi) is 4.96. The molecule has 0 saturated heterocycles. The number of rotatable bonds is 5. The summed E-state index contributed by atoms with van der Waals surface area (Å²) in [5, 5.41) is 4.95. The highest BCUT2D eigenvalue weighted by Crippen LogP contribution is 2.18. The SMILES string of the molecule is CC[C@H](C)[C@H](N)C(=O)N[C@H](C)c1cccs1. The van der Waals surface area contributed by atoms with Crippen molar-refractivity contribution in [2.24, 2.45) is 11.7 Å². The van der Waals surface area contributed by atoms with E-state index in [1.165, 1.54) is 0 Å². The van der Waals surface area contributed by atoms with Gasteiger partial charge in [-0.05, 0) is 24.3 Å². The van der Waals surface area contributed by atoms with Crippen LogP contribution < -0.4 is 11.1 Å². The van der Waals surface area contributed by atoms with E-state index in [-0.39, 0.29) is 17.9 Å². The van der Waals surface area contributed by atoms with Crippen LogP contribution in [0, 0.1) is 5.92 Å². The number of carbonyl (C=O) groups excluding carboxylic acids is 1. The van der Waals surface area contributed by atoms with Gasteiger partial charge >= 0.3 is 0 Å².